The number of fused-ring (bicyclic) bond motifs is 1. The van der Waals surface area contributed by atoms with Gasteiger partial charge in [-0.15, -0.1) is 0 Å². The lowest BCUT2D eigenvalue weighted by Gasteiger charge is -2.29. The van der Waals surface area contributed by atoms with Crippen molar-refractivity contribution in [2.75, 3.05) is 47.3 Å². The third kappa shape index (κ3) is 5.08. The molecule has 3 rings (SSSR count). The van der Waals surface area contributed by atoms with E-state index in [2.05, 4.69) is 5.32 Å². The van der Waals surface area contributed by atoms with E-state index in [0.717, 1.165) is 11.1 Å². The quantitative estimate of drug-likeness (QED) is 0.604. The maximum atomic E-state index is 12.9. The van der Waals surface area contributed by atoms with Crippen molar-refractivity contribution >= 4 is 15.9 Å². The summed E-state index contributed by atoms with van der Waals surface area (Å²) in [5.74, 6) is 1.47. The van der Waals surface area contributed by atoms with E-state index in [1.807, 2.05) is 12.1 Å². The fourth-order valence-corrected chi connectivity index (χ4v) is 4.92. The highest BCUT2D eigenvalue weighted by Crippen LogP contribution is 2.33. The molecule has 2 aromatic carbocycles. The molecule has 32 heavy (non-hydrogen) atoms. The van der Waals surface area contributed by atoms with Gasteiger partial charge in [0.15, 0.2) is 11.5 Å². The van der Waals surface area contributed by atoms with Gasteiger partial charge in [0.2, 0.25) is 10.0 Å². The van der Waals surface area contributed by atoms with Crippen molar-refractivity contribution in [2.45, 2.75) is 13.0 Å². The van der Waals surface area contributed by atoms with E-state index in [9.17, 15) is 13.2 Å². The predicted octanol–water partition coefficient (Wildman–Crippen LogP) is 1.84. The Morgan fingerprint density at radius 2 is 1.59 bits per heavy atom. The first-order valence-electron chi connectivity index (χ1n) is 10.0. The van der Waals surface area contributed by atoms with Gasteiger partial charge in [0.05, 0.1) is 39.8 Å². The van der Waals surface area contributed by atoms with E-state index in [1.54, 1.807) is 32.4 Å². The third-order valence-electron chi connectivity index (χ3n) is 5.38. The van der Waals surface area contributed by atoms with Crippen molar-refractivity contribution in [1.82, 2.24) is 9.62 Å². The highest BCUT2D eigenvalue weighted by molar-refractivity contribution is 7.89. The number of nitrogens with one attached hydrogen (secondary N) is 1. The van der Waals surface area contributed by atoms with Gasteiger partial charge in [-0.1, -0.05) is 0 Å². The number of ether oxygens (including phenoxy) is 4. The molecule has 0 saturated heterocycles. The number of methoxy groups -OCH3 is 4. The van der Waals surface area contributed by atoms with Crippen molar-refractivity contribution in [3.63, 3.8) is 0 Å². The number of hydrogen-bond acceptors (Lipinski definition) is 7. The summed E-state index contributed by atoms with van der Waals surface area (Å²) in [6.45, 7) is 0.592. The SMILES string of the molecule is COc1ccc(C(=O)NCCS(=O)(=O)N2CCc3cc(OC)c(OC)cc3C2)c(OC)c1. The van der Waals surface area contributed by atoms with Crippen molar-refractivity contribution in [3.05, 3.63) is 47.0 Å². The fourth-order valence-electron chi connectivity index (χ4n) is 3.60. The molecule has 0 spiro atoms. The van der Waals surface area contributed by atoms with E-state index in [4.69, 9.17) is 18.9 Å². The maximum absolute atomic E-state index is 12.9. The summed E-state index contributed by atoms with van der Waals surface area (Å²) >= 11 is 0. The lowest BCUT2D eigenvalue weighted by molar-refractivity contribution is 0.0953. The third-order valence-corrected chi connectivity index (χ3v) is 7.19. The molecule has 174 valence electrons. The summed E-state index contributed by atoms with van der Waals surface area (Å²) in [4.78, 5) is 12.5. The minimum atomic E-state index is -3.57. The first kappa shape index (κ1) is 23.7. The smallest absolute Gasteiger partial charge is 0.255 e. The number of carbonyl (C=O) groups excluding carboxylic acids is 1. The van der Waals surface area contributed by atoms with Crippen LogP contribution in [0.15, 0.2) is 30.3 Å². The highest BCUT2D eigenvalue weighted by atomic mass is 32.2. The van der Waals surface area contributed by atoms with Crippen LogP contribution in [0.3, 0.4) is 0 Å². The number of rotatable bonds is 9. The molecule has 1 aliphatic rings. The number of benzene rings is 2. The average Bonchev–Trinajstić information content (AvgIpc) is 2.81. The van der Waals surface area contributed by atoms with Crippen LogP contribution in [0.25, 0.3) is 0 Å². The van der Waals surface area contributed by atoms with Crippen LogP contribution in [-0.4, -0.2) is 65.9 Å². The van der Waals surface area contributed by atoms with Gasteiger partial charge in [-0.2, -0.15) is 4.31 Å². The molecular weight excluding hydrogens is 436 g/mol. The Morgan fingerprint density at radius 3 is 2.22 bits per heavy atom. The lowest BCUT2D eigenvalue weighted by atomic mass is 10.0. The Bertz CT molecular complexity index is 1090. The molecule has 2 aromatic rings. The monoisotopic (exact) mass is 464 g/mol. The van der Waals surface area contributed by atoms with E-state index in [-0.39, 0.29) is 18.8 Å². The Morgan fingerprint density at radius 1 is 0.938 bits per heavy atom. The van der Waals surface area contributed by atoms with Crippen LogP contribution < -0.4 is 24.3 Å². The lowest BCUT2D eigenvalue weighted by Crippen LogP contribution is -2.40. The summed E-state index contributed by atoms with van der Waals surface area (Å²) < 4.78 is 48.2. The minimum absolute atomic E-state index is 0.0222. The van der Waals surface area contributed by atoms with Gasteiger partial charge in [-0.3, -0.25) is 4.79 Å². The van der Waals surface area contributed by atoms with Crippen molar-refractivity contribution in [1.29, 1.82) is 0 Å². The van der Waals surface area contributed by atoms with Crippen molar-refractivity contribution in [2.24, 2.45) is 0 Å². The number of nitrogens with zero attached hydrogens (tertiary/aromatic N) is 1. The summed E-state index contributed by atoms with van der Waals surface area (Å²) in [5.41, 5.74) is 2.22. The van der Waals surface area contributed by atoms with Crippen LogP contribution in [0.1, 0.15) is 21.5 Å². The summed E-state index contributed by atoms with van der Waals surface area (Å²) in [6.07, 6.45) is 0.574. The Labute approximate surface area is 188 Å². The Balaban J connectivity index is 1.63. The number of amides is 1. The molecule has 1 aliphatic heterocycles. The van der Waals surface area contributed by atoms with E-state index in [1.165, 1.54) is 18.5 Å². The molecule has 0 atom stereocenters. The van der Waals surface area contributed by atoms with Crippen molar-refractivity contribution in [3.8, 4) is 23.0 Å². The largest absolute Gasteiger partial charge is 0.497 e. The second-order valence-corrected chi connectivity index (χ2v) is 9.29. The first-order valence-corrected chi connectivity index (χ1v) is 11.7. The molecule has 9 nitrogen and oxygen atoms in total. The Kier molecular flexibility index (Phi) is 7.47. The van der Waals surface area contributed by atoms with Crippen molar-refractivity contribution < 1.29 is 32.2 Å². The molecule has 0 aliphatic carbocycles. The van der Waals surface area contributed by atoms with Crippen LogP contribution >= 0.6 is 0 Å². The molecular formula is C22H28N2O7S. The topological polar surface area (TPSA) is 103 Å². The van der Waals surface area contributed by atoms with Crippen LogP contribution in [0.5, 0.6) is 23.0 Å². The zero-order chi connectivity index (χ0) is 23.3. The van der Waals surface area contributed by atoms with Gasteiger partial charge in [-0.25, -0.2) is 8.42 Å². The normalized spacial score (nSPS) is 13.8. The second-order valence-electron chi connectivity index (χ2n) is 7.20. The zero-order valence-corrected chi connectivity index (χ0v) is 19.5. The predicted molar refractivity (Wildman–Crippen MR) is 119 cm³/mol. The van der Waals surface area contributed by atoms with E-state index in [0.29, 0.717) is 41.5 Å². The van der Waals surface area contributed by atoms with Gasteiger partial charge in [0, 0.05) is 25.7 Å². The standard InChI is InChI=1S/C22H28N2O7S/c1-28-17-5-6-18(19(13-17)29-2)22(25)23-8-10-32(26,27)24-9-7-15-11-20(30-3)21(31-4)12-16(15)14-24/h5-6,11-13H,7-10,14H2,1-4H3,(H,23,25). The van der Waals surface area contributed by atoms with Gasteiger partial charge in [0.25, 0.3) is 5.91 Å². The minimum Gasteiger partial charge on any atom is -0.497 e. The second kappa shape index (κ2) is 10.1. The molecule has 10 heteroatoms. The van der Waals surface area contributed by atoms with Crippen LogP contribution in [-0.2, 0) is 23.0 Å². The van der Waals surface area contributed by atoms with Gasteiger partial charge < -0.3 is 24.3 Å². The number of sulfonamides is 1. The molecule has 1 heterocycles. The average molecular weight is 465 g/mol. The highest BCUT2D eigenvalue weighted by Gasteiger charge is 2.28. The van der Waals surface area contributed by atoms with E-state index >= 15 is 0 Å². The molecule has 0 radical (unpaired) electrons. The van der Waals surface area contributed by atoms with Gasteiger partial charge in [-0.05, 0) is 41.8 Å². The molecule has 0 aromatic heterocycles. The summed E-state index contributed by atoms with van der Waals surface area (Å²) in [6, 6.07) is 8.52. The van der Waals surface area contributed by atoms with Crippen LogP contribution in [0, 0.1) is 0 Å². The molecule has 1 amide bonds. The maximum Gasteiger partial charge on any atom is 0.255 e. The fraction of sp³-hybridized carbons (Fsp3) is 0.409. The molecule has 0 bridgehead atoms. The summed E-state index contributed by atoms with van der Waals surface area (Å²) in [7, 11) is 2.51. The molecule has 0 fully saturated rings. The molecule has 1 N–H and O–H groups in total. The number of carbonyl (C=O) groups is 1. The first-order chi connectivity index (χ1) is 15.3. The zero-order valence-electron chi connectivity index (χ0n) is 18.6. The van der Waals surface area contributed by atoms with Gasteiger partial charge >= 0.3 is 0 Å². The van der Waals surface area contributed by atoms with Gasteiger partial charge in [0.1, 0.15) is 11.5 Å². The van der Waals surface area contributed by atoms with Crippen LogP contribution in [0.4, 0.5) is 0 Å². The molecule has 0 unspecified atom stereocenters. The summed E-state index contributed by atoms with van der Waals surface area (Å²) in [5, 5.41) is 2.66. The van der Waals surface area contributed by atoms with Crippen LogP contribution in [0.2, 0.25) is 0 Å². The molecule has 0 saturated carbocycles. The number of hydrogen-bond donors (Lipinski definition) is 1. The van der Waals surface area contributed by atoms with E-state index < -0.39 is 15.9 Å². The Hall–Kier alpha value is -2.98.